The minimum Gasteiger partial charge on any atom is -0.382 e. The SMILES string of the molecule is CCc1cc(CN2C[C@H](c3ccccc3)N(C[C@@H](O)C(F)(F)F)c3ccccc32)ccc1Cl. The van der Waals surface area contributed by atoms with Gasteiger partial charge < -0.3 is 14.9 Å². The van der Waals surface area contributed by atoms with Crippen molar-refractivity contribution in [2.45, 2.75) is 38.2 Å². The summed E-state index contributed by atoms with van der Waals surface area (Å²) in [7, 11) is 0. The van der Waals surface area contributed by atoms with Crippen LogP contribution < -0.4 is 9.80 Å². The molecule has 1 N–H and O–H groups in total. The second-order valence-corrected chi connectivity index (χ2v) is 8.69. The summed E-state index contributed by atoms with van der Waals surface area (Å²) in [6.07, 6.45) is -6.31. The van der Waals surface area contributed by atoms with E-state index in [1.54, 1.807) is 4.90 Å². The van der Waals surface area contributed by atoms with Crippen molar-refractivity contribution in [1.82, 2.24) is 0 Å². The maximum Gasteiger partial charge on any atom is 0.416 e. The molecule has 4 rings (SSSR count). The maximum absolute atomic E-state index is 13.3. The van der Waals surface area contributed by atoms with Crippen LogP contribution in [0.1, 0.15) is 29.7 Å². The number of aryl methyl sites for hydroxylation is 1. The van der Waals surface area contributed by atoms with Crippen molar-refractivity contribution in [3.8, 4) is 0 Å². The molecular formula is C26H26ClF3N2O. The summed E-state index contributed by atoms with van der Waals surface area (Å²) in [4.78, 5) is 3.87. The normalized spacial score (nSPS) is 17.1. The molecule has 3 nitrogen and oxygen atoms in total. The van der Waals surface area contributed by atoms with Crippen LogP contribution in [0.25, 0.3) is 0 Å². The third-order valence-electron chi connectivity index (χ3n) is 6.10. The van der Waals surface area contributed by atoms with Gasteiger partial charge in [0, 0.05) is 18.1 Å². The largest absolute Gasteiger partial charge is 0.416 e. The van der Waals surface area contributed by atoms with E-state index in [0.717, 1.165) is 33.8 Å². The van der Waals surface area contributed by atoms with Crippen molar-refractivity contribution in [3.05, 3.63) is 94.5 Å². The van der Waals surface area contributed by atoms with Gasteiger partial charge in [0.05, 0.1) is 24.0 Å². The number of aliphatic hydroxyl groups excluding tert-OH is 1. The first kappa shape index (κ1) is 23.5. The topological polar surface area (TPSA) is 26.7 Å². The molecule has 0 aromatic heterocycles. The summed E-state index contributed by atoms with van der Waals surface area (Å²) in [5.74, 6) is 0. The maximum atomic E-state index is 13.3. The number of β-amino-alcohol motifs (C(OH)–C–C–N with tert-alkyl or cyclic N) is 1. The molecule has 0 unspecified atom stereocenters. The summed E-state index contributed by atoms with van der Waals surface area (Å²) < 4.78 is 39.8. The lowest BCUT2D eigenvalue weighted by Gasteiger charge is -2.45. The average molecular weight is 475 g/mol. The van der Waals surface area contributed by atoms with Gasteiger partial charge >= 0.3 is 6.18 Å². The Kier molecular flexibility index (Phi) is 6.86. The molecular weight excluding hydrogens is 449 g/mol. The molecule has 7 heteroatoms. The predicted molar refractivity (Wildman–Crippen MR) is 127 cm³/mol. The predicted octanol–water partition coefficient (Wildman–Crippen LogP) is 6.39. The van der Waals surface area contributed by atoms with E-state index in [4.69, 9.17) is 11.6 Å². The highest BCUT2D eigenvalue weighted by molar-refractivity contribution is 6.31. The number of nitrogens with zero attached hydrogens (tertiary/aromatic N) is 2. The minimum atomic E-state index is -4.69. The van der Waals surface area contributed by atoms with Crippen LogP contribution in [0.5, 0.6) is 0 Å². The second kappa shape index (κ2) is 9.65. The number of para-hydroxylation sites is 2. The Bertz CT molecular complexity index is 1090. The highest BCUT2D eigenvalue weighted by Gasteiger charge is 2.42. The van der Waals surface area contributed by atoms with Gasteiger partial charge in [-0.3, -0.25) is 0 Å². The molecule has 1 aliphatic heterocycles. The van der Waals surface area contributed by atoms with Gasteiger partial charge in [0.1, 0.15) is 0 Å². The first-order chi connectivity index (χ1) is 15.8. The van der Waals surface area contributed by atoms with Crippen LogP contribution in [0, 0.1) is 0 Å². The molecule has 174 valence electrons. The second-order valence-electron chi connectivity index (χ2n) is 8.28. The highest BCUT2D eigenvalue weighted by atomic mass is 35.5. The van der Waals surface area contributed by atoms with Crippen LogP contribution in [0.15, 0.2) is 72.8 Å². The summed E-state index contributed by atoms with van der Waals surface area (Å²) in [6.45, 7) is 2.60. The van der Waals surface area contributed by atoms with Gasteiger partial charge in [-0.15, -0.1) is 0 Å². The standard InChI is InChI=1S/C26H26ClF3N2O/c1-2-19-14-18(12-13-21(19)27)15-31-16-24(20-8-4-3-5-9-20)32(17-25(33)26(28,29)30)23-11-7-6-10-22(23)31/h3-14,24-25,33H,2,15-17H2,1H3/t24-,25-/m1/s1. The number of halogens is 4. The molecule has 0 spiro atoms. The molecule has 0 bridgehead atoms. The van der Waals surface area contributed by atoms with Crippen LogP contribution in [-0.2, 0) is 13.0 Å². The van der Waals surface area contributed by atoms with Crippen molar-refractivity contribution in [3.63, 3.8) is 0 Å². The van der Waals surface area contributed by atoms with E-state index in [9.17, 15) is 18.3 Å². The number of rotatable bonds is 6. The molecule has 3 aromatic carbocycles. The number of fused-ring (bicyclic) bond motifs is 1. The van der Waals surface area contributed by atoms with Gasteiger partial charge in [-0.05, 0) is 41.3 Å². The van der Waals surface area contributed by atoms with Crippen LogP contribution in [0.3, 0.4) is 0 Å². The smallest absolute Gasteiger partial charge is 0.382 e. The van der Waals surface area contributed by atoms with Gasteiger partial charge in [-0.1, -0.05) is 73.1 Å². The zero-order valence-corrected chi connectivity index (χ0v) is 19.0. The molecule has 0 fully saturated rings. The lowest BCUT2D eigenvalue weighted by atomic mass is 9.98. The van der Waals surface area contributed by atoms with Crippen molar-refractivity contribution in [2.75, 3.05) is 22.9 Å². The summed E-state index contributed by atoms with van der Waals surface area (Å²) in [6, 6.07) is 22.5. The lowest BCUT2D eigenvalue weighted by Crippen LogP contribution is -2.49. The first-order valence-electron chi connectivity index (χ1n) is 11.0. The zero-order chi connectivity index (χ0) is 23.6. The summed E-state index contributed by atoms with van der Waals surface area (Å²) >= 11 is 6.29. The van der Waals surface area contributed by atoms with Gasteiger partial charge in [-0.2, -0.15) is 13.2 Å². The summed E-state index contributed by atoms with van der Waals surface area (Å²) in [5, 5.41) is 10.7. The lowest BCUT2D eigenvalue weighted by molar-refractivity contribution is -0.200. The Morgan fingerprint density at radius 1 is 1.00 bits per heavy atom. The highest BCUT2D eigenvalue weighted by Crippen LogP contribution is 2.42. The van der Waals surface area contributed by atoms with E-state index in [2.05, 4.69) is 17.9 Å². The number of alkyl halides is 3. The van der Waals surface area contributed by atoms with Crippen LogP contribution in [-0.4, -0.2) is 30.5 Å². The fourth-order valence-corrected chi connectivity index (χ4v) is 4.64. The monoisotopic (exact) mass is 474 g/mol. The third kappa shape index (κ3) is 5.12. The van der Waals surface area contributed by atoms with E-state index in [0.29, 0.717) is 18.8 Å². The fraction of sp³-hybridized carbons (Fsp3) is 0.308. The quantitative estimate of drug-likeness (QED) is 0.448. The number of aliphatic hydroxyl groups is 1. The van der Waals surface area contributed by atoms with Crippen molar-refractivity contribution in [1.29, 1.82) is 0 Å². The molecule has 0 radical (unpaired) electrons. The molecule has 33 heavy (non-hydrogen) atoms. The Labute approximate surface area is 197 Å². The van der Waals surface area contributed by atoms with E-state index < -0.39 is 18.8 Å². The average Bonchev–Trinajstić information content (AvgIpc) is 2.81. The number of anilines is 2. The third-order valence-corrected chi connectivity index (χ3v) is 6.47. The molecule has 3 aromatic rings. The molecule has 1 aliphatic rings. The van der Waals surface area contributed by atoms with E-state index in [1.165, 1.54) is 0 Å². The van der Waals surface area contributed by atoms with E-state index >= 15 is 0 Å². The Balaban J connectivity index is 1.74. The number of hydrogen-bond donors (Lipinski definition) is 1. The first-order valence-corrected chi connectivity index (χ1v) is 11.3. The fourth-order valence-electron chi connectivity index (χ4n) is 4.39. The van der Waals surface area contributed by atoms with E-state index in [-0.39, 0.29) is 6.04 Å². The van der Waals surface area contributed by atoms with Gasteiger partial charge in [0.2, 0.25) is 0 Å². The van der Waals surface area contributed by atoms with Gasteiger partial charge in [0.25, 0.3) is 0 Å². The zero-order valence-electron chi connectivity index (χ0n) is 18.3. The Hall–Kier alpha value is -2.70. The van der Waals surface area contributed by atoms with Gasteiger partial charge in [0.15, 0.2) is 6.10 Å². The van der Waals surface area contributed by atoms with Crippen LogP contribution in [0.4, 0.5) is 24.5 Å². The van der Waals surface area contributed by atoms with E-state index in [1.807, 2.05) is 66.7 Å². The molecule has 0 saturated carbocycles. The minimum absolute atomic E-state index is 0.351. The van der Waals surface area contributed by atoms with Crippen LogP contribution >= 0.6 is 11.6 Å². The number of hydrogen-bond acceptors (Lipinski definition) is 3. The Morgan fingerprint density at radius 3 is 2.33 bits per heavy atom. The summed E-state index contributed by atoms with van der Waals surface area (Å²) in [5.41, 5.74) is 4.56. The number of benzene rings is 3. The van der Waals surface area contributed by atoms with Crippen LogP contribution in [0.2, 0.25) is 5.02 Å². The molecule has 2 atom stereocenters. The molecule has 1 heterocycles. The molecule has 0 saturated heterocycles. The van der Waals surface area contributed by atoms with Gasteiger partial charge in [-0.25, -0.2) is 0 Å². The van der Waals surface area contributed by atoms with Crippen molar-refractivity contribution < 1.29 is 18.3 Å². The van der Waals surface area contributed by atoms with Crippen molar-refractivity contribution >= 4 is 23.0 Å². The molecule has 0 amide bonds. The Morgan fingerprint density at radius 2 is 1.67 bits per heavy atom. The molecule has 0 aliphatic carbocycles. The van der Waals surface area contributed by atoms with Crippen molar-refractivity contribution in [2.24, 2.45) is 0 Å².